The van der Waals surface area contributed by atoms with E-state index in [-0.39, 0.29) is 17.4 Å². The summed E-state index contributed by atoms with van der Waals surface area (Å²) in [6.07, 6.45) is 2.75. The second-order valence-electron chi connectivity index (χ2n) is 4.41. The van der Waals surface area contributed by atoms with Crippen LogP contribution >= 0.6 is 11.6 Å². The summed E-state index contributed by atoms with van der Waals surface area (Å²) < 4.78 is 12.9. The van der Waals surface area contributed by atoms with Gasteiger partial charge in [-0.25, -0.2) is 4.39 Å². The van der Waals surface area contributed by atoms with E-state index in [1.807, 2.05) is 0 Å². The van der Waals surface area contributed by atoms with Crippen molar-refractivity contribution in [1.82, 2.24) is 5.32 Å². The number of unbranched alkanes of at least 4 members (excludes halogenated alkanes) is 2. The lowest BCUT2D eigenvalue weighted by molar-refractivity contribution is -0.126. The van der Waals surface area contributed by atoms with E-state index in [1.165, 1.54) is 12.1 Å². The van der Waals surface area contributed by atoms with E-state index in [4.69, 9.17) is 11.6 Å². The predicted octanol–water partition coefficient (Wildman–Crippen LogP) is 3.11. The highest BCUT2D eigenvalue weighted by Crippen LogP contribution is 2.19. The first-order valence-corrected chi connectivity index (χ1v) is 6.92. The smallest absolute Gasteiger partial charge is 0.233 e. The summed E-state index contributed by atoms with van der Waals surface area (Å²) in [5.41, 5.74) is 0.361. The van der Waals surface area contributed by atoms with Gasteiger partial charge in [-0.15, -0.1) is 0 Å². The molecule has 2 amide bonds. The van der Waals surface area contributed by atoms with Crippen LogP contribution in [0, 0.1) is 5.82 Å². The summed E-state index contributed by atoms with van der Waals surface area (Å²) in [6, 6.07) is 3.84. The predicted molar refractivity (Wildman–Crippen MR) is 77.2 cm³/mol. The molecule has 0 spiro atoms. The van der Waals surface area contributed by atoms with Gasteiger partial charge in [0.25, 0.3) is 0 Å². The van der Waals surface area contributed by atoms with Crippen LogP contribution in [0.1, 0.15) is 32.6 Å². The third kappa shape index (κ3) is 6.02. The number of carbonyl (C=O) groups is 2. The molecule has 0 radical (unpaired) electrons. The standard InChI is InChI=1S/C14H18ClFN2O2/c1-2-3-4-7-17-13(19)9-14(20)18-10-5-6-12(16)11(15)8-10/h5-6,8H,2-4,7,9H2,1H3,(H,17,19)(H,18,20). The molecule has 4 nitrogen and oxygen atoms in total. The Morgan fingerprint density at radius 1 is 1.25 bits per heavy atom. The summed E-state index contributed by atoms with van der Waals surface area (Å²) in [7, 11) is 0. The molecular formula is C14H18ClFN2O2. The fourth-order valence-electron chi connectivity index (χ4n) is 1.59. The van der Waals surface area contributed by atoms with E-state index in [0.717, 1.165) is 25.3 Å². The molecule has 0 fully saturated rings. The topological polar surface area (TPSA) is 58.2 Å². The third-order valence-electron chi connectivity index (χ3n) is 2.63. The number of anilines is 1. The quantitative estimate of drug-likeness (QED) is 0.600. The Morgan fingerprint density at radius 2 is 2.00 bits per heavy atom. The molecule has 0 aliphatic carbocycles. The lowest BCUT2D eigenvalue weighted by atomic mass is 10.2. The van der Waals surface area contributed by atoms with Crippen LogP contribution in [0.2, 0.25) is 5.02 Å². The Balaban J connectivity index is 2.35. The van der Waals surface area contributed by atoms with Crippen LogP contribution in [0.5, 0.6) is 0 Å². The Kier molecular flexibility index (Phi) is 7.01. The molecular weight excluding hydrogens is 283 g/mol. The zero-order valence-electron chi connectivity index (χ0n) is 11.3. The largest absolute Gasteiger partial charge is 0.356 e. The molecule has 0 heterocycles. The van der Waals surface area contributed by atoms with Crippen molar-refractivity contribution in [3.05, 3.63) is 29.0 Å². The minimum absolute atomic E-state index is 0.0770. The Hall–Kier alpha value is -1.62. The van der Waals surface area contributed by atoms with Gasteiger partial charge < -0.3 is 10.6 Å². The first-order chi connectivity index (χ1) is 9.52. The molecule has 0 aliphatic rings. The third-order valence-corrected chi connectivity index (χ3v) is 2.92. The highest BCUT2D eigenvalue weighted by atomic mass is 35.5. The zero-order chi connectivity index (χ0) is 15.0. The number of nitrogens with one attached hydrogen (secondary N) is 2. The first-order valence-electron chi connectivity index (χ1n) is 6.54. The van der Waals surface area contributed by atoms with Crippen molar-refractivity contribution in [2.75, 3.05) is 11.9 Å². The maximum atomic E-state index is 12.9. The average Bonchev–Trinajstić information content (AvgIpc) is 2.39. The van der Waals surface area contributed by atoms with Gasteiger partial charge in [0.1, 0.15) is 12.2 Å². The van der Waals surface area contributed by atoms with E-state index < -0.39 is 11.7 Å². The van der Waals surface area contributed by atoms with Crippen LogP contribution in [0.4, 0.5) is 10.1 Å². The Bertz CT molecular complexity index is 480. The summed E-state index contributed by atoms with van der Waals surface area (Å²) in [5, 5.41) is 5.08. The Morgan fingerprint density at radius 3 is 2.65 bits per heavy atom. The number of hydrogen-bond donors (Lipinski definition) is 2. The van der Waals surface area contributed by atoms with Crippen LogP contribution in [-0.2, 0) is 9.59 Å². The first kappa shape index (κ1) is 16.4. The van der Waals surface area contributed by atoms with Crippen LogP contribution in [-0.4, -0.2) is 18.4 Å². The highest BCUT2D eigenvalue weighted by Gasteiger charge is 2.10. The number of benzene rings is 1. The molecule has 20 heavy (non-hydrogen) atoms. The molecule has 1 aromatic carbocycles. The van der Waals surface area contributed by atoms with Crippen LogP contribution in [0.15, 0.2) is 18.2 Å². The summed E-state index contributed by atoms with van der Waals surface area (Å²) >= 11 is 5.60. The normalized spacial score (nSPS) is 10.2. The van der Waals surface area contributed by atoms with E-state index in [2.05, 4.69) is 17.6 Å². The lowest BCUT2D eigenvalue weighted by Crippen LogP contribution is -2.28. The van der Waals surface area contributed by atoms with Gasteiger partial charge in [-0.1, -0.05) is 31.4 Å². The van der Waals surface area contributed by atoms with Crippen molar-refractivity contribution in [2.45, 2.75) is 32.6 Å². The second-order valence-corrected chi connectivity index (χ2v) is 4.82. The minimum atomic E-state index is -0.557. The molecule has 0 unspecified atom stereocenters. The maximum Gasteiger partial charge on any atom is 0.233 e. The van der Waals surface area contributed by atoms with Crippen molar-refractivity contribution in [1.29, 1.82) is 0 Å². The number of carbonyl (C=O) groups excluding carboxylic acids is 2. The minimum Gasteiger partial charge on any atom is -0.356 e. The fourth-order valence-corrected chi connectivity index (χ4v) is 1.77. The number of amides is 2. The van der Waals surface area contributed by atoms with Crippen molar-refractivity contribution >= 4 is 29.1 Å². The molecule has 6 heteroatoms. The van der Waals surface area contributed by atoms with Gasteiger partial charge in [-0.05, 0) is 24.6 Å². The van der Waals surface area contributed by atoms with E-state index in [1.54, 1.807) is 0 Å². The molecule has 0 saturated carbocycles. The summed E-state index contributed by atoms with van der Waals surface area (Å²) in [5.74, 6) is -1.34. The number of hydrogen-bond acceptors (Lipinski definition) is 2. The molecule has 2 N–H and O–H groups in total. The highest BCUT2D eigenvalue weighted by molar-refractivity contribution is 6.31. The van der Waals surface area contributed by atoms with E-state index >= 15 is 0 Å². The summed E-state index contributed by atoms with van der Waals surface area (Å²) in [6.45, 7) is 2.64. The van der Waals surface area contributed by atoms with Crippen molar-refractivity contribution < 1.29 is 14.0 Å². The zero-order valence-corrected chi connectivity index (χ0v) is 12.1. The molecule has 1 aromatic rings. The van der Waals surface area contributed by atoms with Gasteiger partial charge in [0.15, 0.2) is 0 Å². The monoisotopic (exact) mass is 300 g/mol. The van der Waals surface area contributed by atoms with Crippen molar-refractivity contribution in [2.24, 2.45) is 0 Å². The molecule has 0 saturated heterocycles. The SMILES string of the molecule is CCCCCNC(=O)CC(=O)Nc1ccc(F)c(Cl)c1. The Labute approximate surface area is 122 Å². The van der Waals surface area contributed by atoms with E-state index in [9.17, 15) is 14.0 Å². The lowest BCUT2D eigenvalue weighted by Gasteiger charge is -2.07. The molecule has 0 aliphatic heterocycles. The molecule has 1 rings (SSSR count). The molecule has 110 valence electrons. The van der Waals surface area contributed by atoms with Gasteiger partial charge in [-0.3, -0.25) is 9.59 Å². The van der Waals surface area contributed by atoms with E-state index in [0.29, 0.717) is 12.2 Å². The summed E-state index contributed by atoms with van der Waals surface area (Å²) in [4.78, 5) is 23.1. The van der Waals surface area contributed by atoms with Gasteiger partial charge in [-0.2, -0.15) is 0 Å². The van der Waals surface area contributed by atoms with Crippen LogP contribution in [0.3, 0.4) is 0 Å². The number of rotatable bonds is 7. The van der Waals surface area contributed by atoms with Crippen LogP contribution < -0.4 is 10.6 Å². The van der Waals surface area contributed by atoms with Crippen molar-refractivity contribution in [3.63, 3.8) is 0 Å². The van der Waals surface area contributed by atoms with Gasteiger partial charge >= 0.3 is 0 Å². The fraction of sp³-hybridized carbons (Fsp3) is 0.429. The average molecular weight is 301 g/mol. The van der Waals surface area contributed by atoms with Gasteiger partial charge in [0.2, 0.25) is 11.8 Å². The molecule has 0 bridgehead atoms. The van der Waals surface area contributed by atoms with Gasteiger partial charge in [0, 0.05) is 12.2 Å². The maximum absolute atomic E-state index is 12.9. The molecule has 0 atom stereocenters. The second kappa shape index (κ2) is 8.53. The van der Waals surface area contributed by atoms with Crippen molar-refractivity contribution in [3.8, 4) is 0 Å². The van der Waals surface area contributed by atoms with Crippen LogP contribution in [0.25, 0.3) is 0 Å². The number of halogens is 2. The molecule has 0 aromatic heterocycles. The van der Waals surface area contributed by atoms with Gasteiger partial charge in [0.05, 0.1) is 5.02 Å².